The Morgan fingerprint density at radius 1 is 1.45 bits per heavy atom. The lowest BCUT2D eigenvalue weighted by Crippen LogP contribution is -2.47. The molecule has 2 unspecified atom stereocenters. The van der Waals surface area contributed by atoms with Crippen molar-refractivity contribution in [1.82, 2.24) is 4.90 Å². The Bertz CT molecular complexity index is 500. The summed E-state index contributed by atoms with van der Waals surface area (Å²) in [6.45, 7) is 9.52. The molecule has 1 aliphatic heterocycles. The monoisotopic (exact) mass is 303 g/mol. The summed E-state index contributed by atoms with van der Waals surface area (Å²) in [6.07, 6.45) is 4.50. The van der Waals surface area contributed by atoms with E-state index >= 15 is 0 Å². The van der Waals surface area contributed by atoms with Crippen LogP contribution in [-0.4, -0.2) is 42.2 Å². The fourth-order valence-corrected chi connectivity index (χ4v) is 4.14. The third-order valence-electron chi connectivity index (χ3n) is 5.02. The predicted molar refractivity (Wildman–Crippen MR) is 86.7 cm³/mol. The number of hydrogen-bond donors (Lipinski definition) is 0. The van der Waals surface area contributed by atoms with Crippen molar-refractivity contribution in [2.45, 2.75) is 71.8 Å². The van der Waals surface area contributed by atoms with Crippen molar-refractivity contribution in [2.75, 3.05) is 0 Å². The average molecular weight is 303 g/mol. The Morgan fingerprint density at radius 3 is 2.59 bits per heavy atom. The summed E-state index contributed by atoms with van der Waals surface area (Å²) in [5, 5.41) is 0. The van der Waals surface area contributed by atoms with E-state index in [0.29, 0.717) is 0 Å². The normalized spacial score (nSPS) is 33.9. The molecule has 0 spiro atoms. The number of carbonyl (C=O) groups is 2. The van der Waals surface area contributed by atoms with Crippen LogP contribution in [0.1, 0.15) is 53.9 Å². The van der Waals surface area contributed by atoms with Crippen LogP contribution in [0.4, 0.5) is 4.79 Å². The van der Waals surface area contributed by atoms with Crippen LogP contribution in [0, 0.1) is 11.8 Å². The Balaban J connectivity index is 2.18. The number of allylic oxidation sites excluding steroid dienone is 2. The van der Waals surface area contributed by atoms with Gasteiger partial charge in [-0.25, -0.2) is 0 Å². The molecule has 1 fully saturated rings. The molecule has 0 saturated carbocycles. The van der Waals surface area contributed by atoms with Crippen LogP contribution in [0.3, 0.4) is 0 Å². The standard InChI is InChI=1S/C17H26BNO3/c1-6-14-15(22-17(4,5)19(14)16(18)21)9-12-7-10(2)8-13(12)11(3)20/h7,12-15H,6,8-9H2,1-5H3/t12?,13?,14-,15+/m0/s1. The number of hydrogen-bond acceptors (Lipinski definition) is 3. The number of ether oxygens (including phenoxy) is 1. The summed E-state index contributed by atoms with van der Waals surface area (Å²) in [5.74, 6) is 0.0304. The fourth-order valence-electron chi connectivity index (χ4n) is 4.14. The first-order chi connectivity index (χ1) is 10.2. The van der Waals surface area contributed by atoms with Crippen LogP contribution in [0.2, 0.25) is 0 Å². The van der Waals surface area contributed by atoms with Gasteiger partial charge in [-0.3, -0.25) is 9.59 Å². The van der Waals surface area contributed by atoms with Crippen molar-refractivity contribution in [3.63, 3.8) is 0 Å². The summed E-state index contributed by atoms with van der Waals surface area (Å²) in [5.41, 5.74) is 0.572. The van der Waals surface area contributed by atoms with E-state index in [-0.39, 0.29) is 29.8 Å². The van der Waals surface area contributed by atoms with Crippen LogP contribution in [0.25, 0.3) is 0 Å². The predicted octanol–water partition coefficient (Wildman–Crippen LogP) is 3.05. The third-order valence-corrected chi connectivity index (χ3v) is 5.02. The van der Waals surface area contributed by atoms with Gasteiger partial charge in [-0.2, -0.15) is 0 Å². The van der Waals surface area contributed by atoms with E-state index in [1.54, 1.807) is 11.8 Å². The summed E-state index contributed by atoms with van der Waals surface area (Å²) in [7, 11) is 5.55. The number of carbonyl (C=O) groups excluding carboxylic acids is 2. The molecular weight excluding hydrogens is 277 g/mol. The highest BCUT2D eigenvalue weighted by atomic mass is 16.5. The summed E-state index contributed by atoms with van der Waals surface area (Å²) in [6, 6.07) is -0.0329. The maximum absolute atomic E-state index is 11.9. The van der Waals surface area contributed by atoms with Crippen molar-refractivity contribution in [2.24, 2.45) is 11.8 Å². The molecule has 0 aromatic rings. The SMILES string of the molecule is [B]C(=O)N1[C@@H](CC)[C@@H](CC2C=C(C)CC2C(C)=O)OC1(C)C. The molecule has 4 atom stereocenters. The molecule has 0 N–H and O–H groups in total. The first kappa shape index (κ1) is 17.3. The lowest BCUT2D eigenvalue weighted by molar-refractivity contribution is -0.122. The minimum atomic E-state index is -0.694. The Morgan fingerprint density at radius 2 is 2.09 bits per heavy atom. The molecule has 0 bridgehead atoms. The van der Waals surface area contributed by atoms with E-state index in [0.717, 1.165) is 19.3 Å². The van der Waals surface area contributed by atoms with Crippen molar-refractivity contribution in [1.29, 1.82) is 0 Å². The Labute approximate surface area is 134 Å². The molecule has 22 heavy (non-hydrogen) atoms. The molecule has 120 valence electrons. The Kier molecular flexibility index (Phi) is 4.86. The molecule has 2 radical (unpaired) electrons. The second-order valence-electron chi connectivity index (χ2n) is 7.12. The fraction of sp³-hybridized carbons (Fsp3) is 0.765. The van der Waals surface area contributed by atoms with Gasteiger partial charge in [0.15, 0.2) is 5.81 Å². The maximum Gasteiger partial charge on any atom is 0.200 e. The van der Waals surface area contributed by atoms with Gasteiger partial charge in [-0.1, -0.05) is 18.6 Å². The topological polar surface area (TPSA) is 46.6 Å². The largest absolute Gasteiger partial charge is 0.351 e. The number of amides is 1. The summed E-state index contributed by atoms with van der Waals surface area (Å²) < 4.78 is 6.14. The molecule has 1 aliphatic carbocycles. The van der Waals surface area contributed by atoms with E-state index in [4.69, 9.17) is 12.6 Å². The summed E-state index contributed by atoms with van der Waals surface area (Å²) in [4.78, 5) is 25.3. The number of Topliss-reactive ketones (excluding diaryl/α,β-unsaturated/α-hetero) is 1. The van der Waals surface area contributed by atoms with Gasteiger partial charge in [0, 0.05) is 5.92 Å². The number of nitrogens with zero attached hydrogens (tertiary/aromatic N) is 1. The number of ketones is 1. The van der Waals surface area contributed by atoms with Gasteiger partial charge in [0.25, 0.3) is 0 Å². The highest BCUT2D eigenvalue weighted by molar-refractivity contribution is 6.57. The molecule has 4 nitrogen and oxygen atoms in total. The van der Waals surface area contributed by atoms with E-state index in [9.17, 15) is 9.59 Å². The molecule has 2 rings (SSSR count). The van der Waals surface area contributed by atoms with Crippen molar-refractivity contribution < 1.29 is 14.3 Å². The first-order valence-electron chi connectivity index (χ1n) is 8.11. The smallest absolute Gasteiger partial charge is 0.200 e. The minimum absolute atomic E-state index is 0.0329. The van der Waals surface area contributed by atoms with Gasteiger partial charge in [-0.05, 0) is 52.9 Å². The second-order valence-corrected chi connectivity index (χ2v) is 7.12. The van der Waals surface area contributed by atoms with Gasteiger partial charge < -0.3 is 9.64 Å². The van der Waals surface area contributed by atoms with Crippen LogP contribution in [0.5, 0.6) is 0 Å². The molecule has 1 saturated heterocycles. The zero-order chi connectivity index (χ0) is 16.7. The third kappa shape index (κ3) is 3.14. The van der Waals surface area contributed by atoms with Crippen molar-refractivity contribution in [3.8, 4) is 0 Å². The van der Waals surface area contributed by atoms with Crippen molar-refractivity contribution >= 4 is 19.4 Å². The van der Waals surface area contributed by atoms with Crippen LogP contribution in [-0.2, 0) is 9.53 Å². The van der Waals surface area contributed by atoms with Crippen LogP contribution in [0.15, 0.2) is 11.6 Å². The van der Waals surface area contributed by atoms with Crippen LogP contribution < -0.4 is 0 Å². The second kappa shape index (κ2) is 6.19. The lowest BCUT2D eigenvalue weighted by Gasteiger charge is -2.33. The molecular formula is C17H26BNO3. The highest BCUT2D eigenvalue weighted by Gasteiger charge is 2.48. The van der Waals surface area contributed by atoms with Gasteiger partial charge in [0.1, 0.15) is 11.5 Å². The molecule has 1 amide bonds. The molecule has 1 heterocycles. The molecule has 2 aliphatic rings. The van der Waals surface area contributed by atoms with E-state index in [1.165, 1.54) is 5.57 Å². The Hall–Kier alpha value is -1.10. The van der Waals surface area contributed by atoms with Gasteiger partial charge in [0.05, 0.1) is 12.1 Å². The van der Waals surface area contributed by atoms with E-state index in [2.05, 4.69) is 13.0 Å². The first-order valence-corrected chi connectivity index (χ1v) is 8.11. The zero-order valence-corrected chi connectivity index (χ0v) is 14.3. The number of rotatable bonds is 4. The molecule has 0 aromatic carbocycles. The maximum atomic E-state index is 11.9. The van der Waals surface area contributed by atoms with Crippen molar-refractivity contribution in [3.05, 3.63) is 11.6 Å². The zero-order valence-electron chi connectivity index (χ0n) is 14.3. The van der Waals surface area contributed by atoms with Gasteiger partial charge in [-0.15, -0.1) is 0 Å². The molecule has 0 aromatic heterocycles. The van der Waals surface area contributed by atoms with E-state index in [1.807, 2.05) is 20.8 Å². The molecule has 5 heteroatoms. The van der Waals surface area contributed by atoms with Gasteiger partial charge in [0.2, 0.25) is 7.85 Å². The summed E-state index contributed by atoms with van der Waals surface area (Å²) >= 11 is 0. The quantitative estimate of drug-likeness (QED) is 0.592. The van der Waals surface area contributed by atoms with Crippen LogP contribution >= 0.6 is 0 Å². The van der Waals surface area contributed by atoms with Gasteiger partial charge >= 0.3 is 0 Å². The average Bonchev–Trinajstić information content (AvgIpc) is 2.86. The van der Waals surface area contributed by atoms with E-state index < -0.39 is 11.5 Å². The highest BCUT2D eigenvalue weighted by Crippen LogP contribution is 2.41. The lowest BCUT2D eigenvalue weighted by atomic mass is 9.85. The minimum Gasteiger partial charge on any atom is -0.351 e.